The monoisotopic (exact) mass is 208 g/mol. The molecule has 1 unspecified atom stereocenters. The van der Waals surface area contributed by atoms with Crippen molar-refractivity contribution in [2.24, 2.45) is 0 Å². The zero-order valence-corrected chi connectivity index (χ0v) is 9.17. The number of hydrogen-bond donors (Lipinski definition) is 0. The van der Waals surface area contributed by atoms with Crippen LogP contribution >= 0.6 is 20.6 Å². The maximum atomic E-state index is 10.7. The Bertz CT molecular complexity index is 473. The molecule has 1 aromatic heterocycles. The number of hydrogen-bond acceptors (Lipinski definition) is 2. The SMILES string of the molecule is Cc1c(C=O)sc2c(P)cccc12. The van der Waals surface area contributed by atoms with Gasteiger partial charge in [-0.25, -0.2) is 0 Å². The molecule has 0 aliphatic heterocycles. The Labute approximate surface area is 83.0 Å². The van der Waals surface area contributed by atoms with Gasteiger partial charge in [0.1, 0.15) is 0 Å². The lowest BCUT2D eigenvalue weighted by atomic mass is 10.1. The van der Waals surface area contributed by atoms with Gasteiger partial charge in [0.25, 0.3) is 0 Å². The molecule has 0 radical (unpaired) electrons. The van der Waals surface area contributed by atoms with E-state index in [1.165, 1.54) is 15.4 Å². The summed E-state index contributed by atoms with van der Waals surface area (Å²) >= 11 is 1.56. The molecule has 1 atom stereocenters. The van der Waals surface area contributed by atoms with E-state index >= 15 is 0 Å². The van der Waals surface area contributed by atoms with Crippen molar-refractivity contribution in [3.63, 3.8) is 0 Å². The summed E-state index contributed by atoms with van der Waals surface area (Å²) < 4.78 is 1.20. The van der Waals surface area contributed by atoms with Crippen LogP contribution < -0.4 is 5.30 Å². The molecule has 0 aliphatic carbocycles. The van der Waals surface area contributed by atoms with Crippen molar-refractivity contribution in [2.75, 3.05) is 0 Å². The Morgan fingerprint density at radius 1 is 1.46 bits per heavy atom. The first-order valence-electron chi connectivity index (χ1n) is 3.97. The second-order valence-electron chi connectivity index (χ2n) is 2.93. The zero-order chi connectivity index (χ0) is 9.42. The lowest BCUT2D eigenvalue weighted by molar-refractivity contribution is 0.112. The van der Waals surface area contributed by atoms with Crippen LogP contribution in [0, 0.1) is 6.92 Å². The summed E-state index contributed by atoms with van der Waals surface area (Å²) in [6.07, 6.45) is 0.935. The highest BCUT2D eigenvalue weighted by atomic mass is 32.1. The molecular formula is C10H9OPS. The Hall–Kier alpha value is -0.720. The van der Waals surface area contributed by atoms with E-state index in [1.54, 1.807) is 11.3 Å². The van der Waals surface area contributed by atoms with Crippen molar-refractivity contribution in [1.29, 1.82) is 0 Å². The molecule has 66 valence electrons. The average Bonchev–Trinajstić information content (AvgIpc) is 2.45. The lowest BCUT2D eigenvalue weighted by Gasteiger charge is -1.93. The molecule has 0 saturated carbocycles. The number of aryl methyl sites for hydroxylation is 1. The highest BCUT2D eigenvalue weighted by Gasteiger charge is 2.08. The zero-order valence-electron chi connectivity index (χ0n) is 7.20. The van der Waals surface area contributed by atoms with E-state index in [4.69, 9.17) is 0 Å². The van der Waals surface area contributed by atoms with Gasteiger partial charge in [0.15, 0.2) is 6.29 Å². The normalized spacial score (nSPS) is 10.6. The summed E-state index contributed by atoms with van der Waals surface area (Å²) in [5.41, 5.74) is 1.10. The Morgan fingerprint density at radius 3 is 2.85 bits per heavy atom. The minimum atomic E-state index is 0.838. The van der Waals surface area contributed by atoms with E-state index < -0.39 is 0 Å². The van der Waals surface area contributed by atoms with Gasteiger partial charge in [-0.1, -0.05) is 18.2 Å². The molecule has 3 heteroatoms. The van der Waals surface area contributed by atoms with Gasteiger partial charge in [0.05, 0.1) is 4.88 Å². The van der Waals surface area contributed by atoms with Gasteiger partial charge in [-0.15, -0.1) is 20.6 Å². The number of carbonyl (C=O) groups is 1. The van der Waals surface area contributed by atoms with Crippen LogP contribution in [0.15, 0.2) is 18.2 Å². The third-order valence-electron chi connectivity index (χ3n) is 2.14. The second-order valence-corrected chi connectivity index (χ2v) is 4.61. The molecule has 0 saturated heterocycles. The predicted octanol–water partition coefficient (Wildman–Crippen LogP) is 2.52. The first kappa shape index (κ1) is 8.86. The molecule has 0 N–H and O–H groups in total. The number of fused-ring (bicyclic) bond motifs is 1. The largest absolute Gasteiger partial charge is 0.297 e. The van der Waals surface area contributed by atoms with Gasteiger partial charge < -0.3 is 0 Å². The first-order chi connectivity index (χ1) is 6.24. The van der Waals surface area contributed by atoms with E-state index in [0.29, 0.717) is 0 Å². The molecule has 0 aliphatic rings. The van der Waals surface area contributed by atoms with Crippen molar-refractivity contribution in [3.8, 4) is 0 Å². The molecule has 1 aromatic carbocycles. The number of thiophene rings is 1. The molecule has 0 spiro atoms. The van der Waals surface area contributed by atoms with Gasteiger partial charge in [-0.05, 0) is 23.2 Å². The van der Waals surface area contributed by atoms with Crippen LogP contribution in [0.3, 0.4) is 0 Å². The molecule has 13 heavy (non-hydrogen) atoms. The maximum Gasteiger partial charge on any atom is 0.160 e. The Balaban J connectivity index is 2.91. The Morgan fingerprint density at radius 2 is 2.23 bits per heavy atom. The molecule has 1 nitrogen and oxygen atoms in total. The van der Waals surface area contributed by atoms with Gasteiger partial charge in [-0.3, -0.25) is 4.79 Å². The quantitative estimate of drug-likeness (QED) is 0.520. The standard InChI is InChI=1S/C10H9OPS/c1-6-7-3-2-4-8(12)10(7)13-9(6)5-11/h2-5H,12H2,1H3. The van der Waals surface area contributed by atoms with Crippen LogP contribution in [0.25, 0.3) is 10.1 Å². The van der Waals surface area contributed by atoms with Crippen molar-refractivity contribution in [1.82, 2.24) is 0 Å². The summed E-state index contributed by atoms with van der Waals surface area (Å²) in [6.45, 7) is 1.99. The molecule has 0 amide bonds. The van der Waals surface area contributed by atoms with Crippen molar-refractivity contribution in [3.05, 3.63) is 28.6 Å². The molecule has 0 bridgehead atoms. The lowest BCUT2D eigenvalue weighted by Crippen LogP contribution is -1.87. The second kappa shape index (κ2) is 3.21. The topological polar surface area (TPSA) is 17.1 Å². The van der Waals surface area contributed by atoms with Crippen LogP contribution in [0.1, 0.15) is 15.2 Å². The van der Waals surface area contributed by atoms with E-state index in [1.807, 2.05) is 19.1 Å². The van der Waals surface area contributed by atoms with Crippen LogP contribution in [-0.2, 0) is 0 Å². The fraction of sp³-hybridized carbons (Fsp3) is 0.100. The number of aldehydes is 1. The minimum Gasteiger partial charge on any atom is -0.297 e. The predicted molar refractivity (Wildman–Crippen MR) is 61.3 cm³/mol. The third kappa shape index (κ3) is 1.31. The fourth-order valence-corrected chi connectivity index (χ4v) is 2.89. The van der Waals surface area contributed by atoms with Crippen LogP contribution in [0.5, 0.6) is 0 Å². The maximum absolute atomic E-state index is 10.7. The van der Waals surface area contributed by atoms with Crippen LogP contribution in [0.4, 0.5) is 0 Å². The average molecular weight is 208 g/mol. The van der Waals surface area contributed by atoms with Crippen molar-refractivity contribution in [2.45, 2.75) is 6.92 Å². The van der Waals surface area contributed by atoms with Crippen LogP contribution in [-0.4, -0.2) is 6.29 Å². The van der Waals surface area contributed by atoms with Gasteiger partial charge in [-0.2, -0.15) is 0 Å². The molecule has 0 fully saturated rings. The first-order valence-corrected chi connectivity index (χ1v) is 5.36. The van der Waals surface area contributed by atoms with E-state index in [0.717, 1.165) is 16.7 Å². The van der Waals surface area contributed by atoms with Gasteiger partial charge >= 0.3 is 0 Å². The minimum absolute atomic E-state index is 0.838. The molecule has 2 aromatic rings. The summed E-state index contributed by atoms with van der Waals surface area (Å²) in [4.78, 5) is 11.5. The smallest absolute Gasteiger partial charge is 0.160 e. The Kier molecular flexibility index (Phi) is 2.19. The van der Waals surface area contributed by atoms with Crippen molar-refractivity contribution < 1.29 is 4.79 Å². The van der Waals surface area contributed by atoms with E-state index in [-0.39, 0.29) is 0 Å². The van der Waals surface area contributed by atoms with Gasteiger partial charge in [0, 0.05) is 4.70 Å². The third-order valence-corrected chi connectivity index (χ3v) is 4.11. The highest BCUT2D eigenvalue weighted by Crippen LogP contribution is 2.28. The van der Waals surface area contributed by atoms with E-state index in [2.05, 4.69) is 15.3 Å². The number of benzene rings is 1. The fourth-order valence-electron chi connectivity index (χ4n) is 1.40. The van der Waals surface area contributed by atoms with E-state index in [9.17, 15) is 4.79 Å². The molecular weight excluding hydrogens is 199 g/mol. The van der Waals surface area contributed by atoms with Crippen molar-refractivity contribution >= 4 is 42.3 Å². The highest BCUT2D eigenvalue weighted by molar-refractivity contribution is 7.33. The summed E-state index contributed by atoms with van der Waals surface area (Å²) in [6, 6.07) is 6.11. The number of rotatable bonds is 1. The summed E-state index contributed by atoms with van der Waals surface area (Å²) in [5.74, 6) is 0. The van der Waals surface area contributed by atoms with Crippen LogP contribution in [0.2, 0.25) is 0 Å². The summed E-state index contributed by atoms with van der Waals surface area (Å²) in [7, 11) is 2.69. The van der Waals surface area contributed by atoms with Gasteiger partial charge in [0.2, 0.25) is 0 Å². The molecule has 1 heterocycles. The molecule has 2 rings (SSSR count). The number of carbonyl (C=O) groups excluding carboxylic acids is 1. The summed E-state index contributed by atoms with van der Waals surface area (Å²) in [5, 5.41) is 2.36.